The van der Waals surface area contributed by atoms with E-state index < -0.39 is 6.04 Å². The highest BCUT2D eigenvalue weighted by Gasteiger charge is 2.25. The number of nitrogens with zero attached hydrogens (tertiary/aromatic N) is 3. The van der Waals surface area contributed by atoms with E-state index in [1.165, 1.54) is 4.68 Å². The molecule has 8 heteroatoms. The van der Waals surface area contributed by atoms with Crippen molar-refractivity contribution in [1.29, 1.82) is 0 Å². The van der Waals surface area contributed by atoms with E-state index in [-0.39, 0.29) is 11.5 Å². The van der Waals surface area contributed by atoms with Crippen molar-refractivity contribution in [2.75, 3.05) is 6.54 Å². The number of carbonyl (C=O) groups is 1. The minimum atomic E-state index is -0.514. The van der Waals surface area contributed by atoms with Gasteiger partial charge in [0.2, 0.25) is 5.91 Å². The van der Waals surface area contributed by atoms with E-state index in [0.717, 1.165) is 32.8 Å². The minimum Gasteiger partial charge on any atom is -0.361 e. The zero-order valence-corrected chi connectivity index (χ0v) is 19.2. The molecule has 0 saturated heterocycles. The van der Waals surface area contributed by atoms with Crippen LogP contribution in [0, 0.1) is 0 Å². The lowest BCUT2D eigenvalue weighted by Gasteiger charge is -2.19. The summed E-state index contributed by atoms with van der Waals surface area (Å²) in [6, 6.07) is 13.0. The topological polar surface area (TPSA) is 84.7 Å². The molecule has 0 radical (unpaired) electrons. The first-order chi connectivity index (χ1) is 16.0. The summed E-state index contributed by atoms with van der Waals surface area (Å²) in [6.45, 7) is 2.43. The Kier molecular flexibility index (Phi) is 5.42. The smallest absolute Gasteiger partial charge is 0.291 e. The fourth-order valence-electron chi connectivity index (χ4n) is 4.59. The van der Waals surface area contributed by atoms with Gasteiger partial charge in [-0.1, -0.05) is 36.7 Å². The molecule has 0 saturated carbocycles. The summed E-state index contributed by atoms with van der Waals surface area (Å²) in [6.07, 6.45) is 4.87. The van der Waals surface area contributed by atoms with Gasteiger partial charge in [0.25, 0.3) is 5.56 Å². The molecule has 0 fully saturated rings. The number of aromatic amines is 1. The highest BCUT2D eigenvalue weighted by atomic mass is 35.5. The van der Waals surface area contributed by atoms with Crippen molar-refractivity contribution in [3.05, 3.63) is 75.8 Å². The Balaban J connectivity index is 1.46. The minimum absolute atomic E-state index is 0.114. The summed E-state index contributed by atoms with van der Waals surface area (Å²) in [5, 5.41) is 10.7. The number of halogens is 1. The lowest BCUT2D eigenvalue weighted by molar-refractivity contribution is -0.124. The number of fused-ring (bicyclic) bond motifs is 4. The molecule has 0 aliphatic heterocycles. The molecular weight excluding hydrogens is 438 g/mol. The van der Waals surface area contributed by atoms with E-state index in [1.807, 2.05) is 60.2 Å². The van der Waals surface area contributed by atoms with Gasteiger partial charge in [-0.15, -0.1) is 0 Å². The van der Waals surface area contributed by atoms with Crippen molar-refractivity contribution in [3.8, 4) is 0 Å². The van der Waals surface area contributed by atoms with Gasteiger partial charge in [-0.2, -0.15) is 5.10 Å². The Morgan fingerprint density at radius 1 is 1.18 bits per heavy atom. The standard InChI is InChI=1S/C25H24ClN5O2/c1-3-21(24(32)27-11-10-15-13-28-20-9-8-16(26)12-18(15)20)31-22-7-5-4-6-17(22)19-14-29-30(2)25(33)23(19)31/h4-9,12-14,21,28H,3,10-11H2,1-2H3,(H,27,32)/t21-/m1/s1. The number of hydrogen-bond acceptors (Lipinski definition) is 3. The van der Waals surface area contributed by atoms with E-state index in [4.69, 9.17) is 11.6 Å². The Morgan fingerprint density at radius 2 is 2.00 bits per heavy atom. The van der Waals surface area contributed by atoms with Crippen LogP contribution in [0.3, 0.4) is 0 Å². The maximum atomic E-state index is 13.3. The van der Waals surface area contributed by atoms with Gasteiger partial charge in [0.15, 0.2) is 0 Å². The third-order valence-electron chi connectivity index (χ3n) is 6.23. The van der Waals surface area contributed by atoms with Crippen LogP contribution in [0.5, 0.6) is 0 Å². The van der Waals surface area contributed by atoms with Crippen LogP contribution >= 0.6 is 11.6 Å². The normalized spacial score (nSPS) is 12.6. The quantitative estimate of drug-likeness (QED) is 0.394. The number of para-hydroxylation sites is 1. The van der Waals surface area contributed by atoms with Gasteiger partial charge in [0, 0.05) is 46.5 Å². The van der Waals surface area contributed by atoms with Crippen LogP contribution in [-0.4, -0.2) is 31.8 Å². The summed E-state index contributed by atoms with van der Waals surface area (Å²) < 4.78 is 3.18. The van der Waals surface area contributed by atoms with E-state index >= 15 is 0 Å². The molecule has 0 spiro atoms. The van der Waals surface area contributed by atoms with Gasteiger partial charge in [-0.3, -0.25) is 9.59 Å². The Bertz CT molecular complexity index is 1560. The van der Waals surface area contributed by atoms with Crippen molar-refractivity contribution in [3.63, 3.8) is 0 Å². The zero-order chi connectivity index (χ0) is 23.1. The van der Waals surface area contributed by atoms with Gasteiger partial charge in [-0.25, -0.2) is 4.68 Å². The van der Waals surface area contributed by atoms with Gasteiger partial charge < -0.3 is 14.9 Å². The first kappa shape index (κ1) is 21.3. The second-order valence-electron chi connectivity index (χ2n) is 8.19. The molecule has 7 nitrogen and oxygen atoms in total. The third-order valence-corrected chi connectivity index (χ3v) is 6.47. The number of aromatic nitrogens is 4. The van der Waals surface area contributed by atoms with Gasteiger partial charge >= 0.3 is 0 Å². The molecule has 2 N–H and O–H groups in total. The second kappa shape index (κ2) is 8.41. The van der Waals surface area contributed by atoms with Crippen molar-refractivity contribution in [2.24, 2.45) is 7.05 Å². The SMILES string of the molecule is CC[C@H](C(=O)NCCc1c[nH]c2ccc(Cl)cc12)n1c2ccccc2c2cnn(C)c(=O)c21. The van der Waals surface area contributed by atoms with Crippen LogP contribution in [0.4, 0.5) is 0 Å². The van der Waals surface area contributed by atoms with E-state index in [9.17, 15) is 9.59 Å². The predicted molar refractivity (Wildman–Crippen MR) is 132 cm³/mol. The van der Waals surface area contributed by atoms with Crippen LogP contribution < -0.4 is 10.9 Å². The van der Waals surface area contributed by atoms with Crippen molar-refractivity contribution in [2.45, 2.75) is 25.8 Å². The number of amides is 1. The van der Waals surface area contributed by atoms with Crippen molar-refractivity contribution < 1.29 is 4.79 Å². The molecule has 0 aliphatic rings. The monoisotopic (exact) mass is 461 g/mol. The molecule has 2 aromatic carbocycles. The average molecular weight is 462 g/mol. The maximum absolute atomic E-state index is 13.3. The molecule has 33 heavy (non-hydrogen) atoms. The largest absolute Gasteiger partial charge is 0.361 e. The fraction of sp³-hybridized carbons (Fsp3) is 0.240. The van der Waals surface area contributed by atoms with Crippen LogP contribution in [0.15, 0.2) is 59.7 Å². The zero-order valence-electron chi connectivity index (χ0n) is 18.4. The predicted octanol–water partition coefficient (Wildman–Crippen LogP) is 4.33. The summed E-state index contributed by atoms with van der Waals surface area (Å²) in [7, 11) is 1.62. The molecule has 0 aliphatic carbocycles. The Morgan fingerprint density at radius 3 is 2.82 bits per heavy atom. The Labute approximate surface area is 195 Å². The molecule has 168 valence electrons. The highest BCUT2D eigenvalue weighted by molar-refractivity contribution is 6.31. The van der Waals surface area contributed by atoms with Crippen LogP contribution in [0.2, 0.25) is 5.02 Å². The lowest BCUT2D eigenvalue weighted by atomic mass is 10.1. The van der Waals surface area contributed by atoms with Crippen molar-refractivity contribution in [1.82, 2.24) is 24.6 Å². The average Bonchev–Trinajstić information content (AvgIpc) is 3.36. The van der Waals surface area contributed by atoms with Crippen LogP contribution in [-0.2, 0) is 18.3 Å². The second-order valence-corrected chi connectivity index (χ2v) is 8.63. The van der Waals surface area contributed by atoms with Gasteiger partial charge in [-0.05, 0) is 42.7 Å². The maximum Gasteiger partial charge on any atom is 0.291 e. The number of nitrogens with one attached hydrogen (secondary N) is 2. The number of benzene rings is 2. The van der Waals surface area contributed by atoms with E-state index in [1.54, 1.807) is 13.2 Å². The number of aryl methyl sites for hydroxylation is 1. The molecule has 5 rings (SSSR count). The molecule has 0 unspecified atom stereocenters. The molecular formula is C25H24ClN5O2. The third kappa shape index (κ3) is 3.58. The van der Waals surface area contributed by atoms with E-state index in [2.05, 4.69) is 15.4 Å². The molecule has 1 amide bonds. The first-order valence-electron chi connectivity index (χ1n) is 11.0. The number of rotatable bonds is 6. The molecule has 5 aromatic rings. The molecule has 3 heterocycles. The number of hydrogen-bond donors (Lipinski definition) is 2. The van der Waals surface area contributed by atoms with E-state index in [0.29, 0.717) is 29.9 Å². The van der Waals surface area contributed by atoms with Crippen LogP contribution in [0.25, 0.3) is 32.7 Å². The lowest BCUT2D eigenvalue weighted by Crippen LogP contribution is -2.34. The van der Waals surface area contributed by atoms with Gasteiger partial charge in [0.1, 0.15) is 11.6 Å². The van der Waals surface area contributed by atoms with Gasteiger partial charge in [0.05, 0.1) is 11.7 Å². The number of H-pyrrole nitrogens is 1. The number of carbonyl (C=O) groups excluding carboxylic acids is 1. The summed E-state index contributed by atoms with van der Waals surface area (Å²) in [4.78, 5) is 29.6. The molecule has 0 bridgehead atoms. The highest BCUT2D eigenvalue weighted by Crippen LogP contribution is 2.31. The fourth-order valence-corrected chi connectivity index (χ4v) is 4.76. The van der Waals surface area contributed by atoms with Crippen LogP contribution in [0.1, 0.15) is 24.9 Å². The summed E-state index contributed by atoms with van der Waals surface area (Å²) in [5.41, 5.74) is 3.25. The molecule has 1 atom stereocenters. The summed E-state index contributed by atoms with van der Waals surface area (Å²) >= 11 is 6.15. The Hall–Kier alpha value is -3.58. The molecule has 3 aromatic heterocycles. The van der Waals surface area contributed by atoms with Crippen molar-refractivity contribution >= 4 is 50.2 Å². The first-order valence-corrected chi connectivity index (χ1v) is 11.4. The summed E-state index contributed by atoms with van der Waals surface area (Å²) in [5.74, 6) is -0.114.